The predicted molar refractivity (Wildman–Crippen MR) is 82.9 cm³/mol. The molecule has 1 aromatic rings. The molecule has 7 nitrogen and oxygen atoms in total. The van der Waals surface area contributed by atoms with Crippen LogP contribution in [-0.2, 0) is 0 Å². The van der Waals surface area contributed by atoms with E-state index in [1.54, 1.807) is 6.08 Å². The maximum Gasteiger partial charge on any atom is 0.269 e. The third kappa shape index (κ3) is 5.10. The van der Waals surface area contributed by atoms with E-state index in [1.165, 1.54) is 24.3 Å². The summed E-state index contributed by atoms with van der Waals surface area (Å²) < 4.78 is 0. The van der Waals surface area contributed by atoms with Crippen LogP contribution in [0.5, 0.6) is 0 Å². The van der Waals surface area contributed by atoms with Crippen molar-refractivity contribution in [3.63, 3.8) is 0 Å². The Morgan fingerprint density at radius 3 is 2.57 bits per heavy atom. The van der Waals surface area contributed by atoms with E-state index in [-0.39, 0.29) is 17.4 Å². The lowest BCUT2D eigenvalue weighted by molar-refractivity contribution is -0.384. The van der Waals surface area contributed by atoms with Crippen molar-refractivity contribution in [2.75, 3.05) is 13.2 Å². The Balaban J connectivity index is 2.73. The van der Waals surface area contributed by atoms with Gasteiger partial charge in [-0.05, 0) is 29.9 Å². The first kappa shape index (κ1) is 17.0. The van der Waals surface area contributed by atoms with Gasteiger partial charge in [-0.15, -0.1) is 6.58 Å². The minimum atomic E-state index is -1.06. The molecule has 0 saturated heterocycles. The Bertz CT molecular complexity index is 507. The van der Waals surface area contributed by atoms with E-state index in [0.717, 1.165) is 0 Å². The average Bonchev–Trinajstić information content (AvgIpc) is 2.50. The summed E-state index contributed by atoms with van der Waals surface area (Å²) in [4.78, 5) is 10.1. The minimum absolute atomic E-state index is 0.0670. The summed E-state index contributed by atoms with van der Waals surface area (Å²) in [7, 11) is 0. The first-order valence-electron chi connectivity index (χ1n) is 6.18. The first-order chi connectivity index (χ1) is 9.99. The number of rotatable bonds is 7. The Kier molecular flexibility index (Phi) is 6.73. The van der Waals surface area contributed by atoms with E-state index >= 15 is 0 Å². The third-order valence-corrected chi connectivity index (χ3v) is 3.01. The van der Waals surface area contributed by atoms with Crippen molar-refractivity contribution in [1.29, 1.82) is 0 Å². The van der Waals surface area contributed by atoms with Crippen molar-refractivity contribution in [3.8, 4) is 0 Å². The summed E-state index contributed by atoms with van der Waals surface area (Å²) >= 11 is 5.00. The van der Waals surface area contributed by atoms with Gasteiger partial charge in [-0.2, -0.15) is 0 Å². The summed E-state index contributed by atoms with van der Waals surface area (Å²) in [6.45, 7) is 3.64. The molecule has 2 unspecified atom stereocenters. The molecular formula is C13H17N3O4S. The molecule has 0 radical (unpaired) electrons. The normalized spacial score (nSPS) is 13.0. The number of nitrogens with zero attached hydrogens (tertiary/aromatic N) is 1. The molecule has 2 atom stereocenters. The van der Waals surface area contributed by atoms with Crippen LogP contribution in [0, 0.1) is 10.1 Å². The Hall–Kier alpha value is -2.03. The zero-order valence-electron chi connectivity index (χ0n) is 11.2. The fourth-order valence-corrected chi connectivity index (χ4v) is 1.87. The second-order valence-electron chi connectivity index (χ2n) is 4.23. The van der Waals surface area contributed by atoms with Crippen LogP contribution in [0.3, 0.4) is 0 Å². The Morgan fingerprint density at radius 1 is 1.48 bits per heavy atom. The van der Waals surface area contributed by atoms with Gasteiger partial charge in [0.15, 0.2) is 5.11 Å². The van der Waals surface area contributed by atoms with E-state index in [2.05, 4.69) is 17.2 Å². The molecule has 0 aliphatic heterocycles. The Morgan fingerprint density at radius 2 is 2.10 bits per heavy atom. The number of thiocarbonyl (C=S) groups is 1. The second-order valence-corrected chi connectivity index (χ2v) is 4.63. The van der Waals surface area contributed by atoms with Crippen molar-refractivity contribution >= 4 is 23.0 Å². The van der Waals surface area contributed by atoms with E-state index in [1.807, 2.05) is 0 Å². The molecule has 1 aromatic carbocycles. The average molecular weight is 311 g/mol. The summed E-state index contributed by atoms with van der Waals surface area (Å²) in [5.74, 6) is 0. The van der Waals surface area contributed by atoms with Crippen molar-refractivity contribution < 1.29 is 15.1 Å². The highest BCUT2D eigenvalue weighted by Gasteiger charge is 2.21. The molecule has 0 bridgehead atoms. The number of nitro groups is 1. The number of aliphatic hydroxyl groups excluding tert-OH is 2. The molecule has 0 aromatic heterocycles. The predicted octanol–water partition coefficient (Wildman–Crippen LogP) is 0.639. The van der Waals surface area contributed by atoms with Crippen molar-refractivity contribution in [1.82, 2.24) is 10.6 Å². The standard InChI is InChI=1S/C13H17N3O4S/c1-2-7-14-13(21)15-11(8-17)12(18)9-3-5-10(6-4-9)16(19)20/h2-6,11-12,17-18H,1,7-8H2,(H2,14,15,21). The van der Waals surface area contributed by atoms with Crippen LogP contribution in [-0.4, -0.2) is 39.4 Å². The van der Waals surface area contributed by atoms with Crippen molar-refractivity contribution in [2.24, 2.45) is 0 Å². The molecule has 4 N–H and O–H groups in total. The van der Waals surface area contributed by atoms with Gasteiger partial charge in [0.25, 0.3) is 5.69 Å². The van der Waals surface area contributed by atoms with Gasteiger partial charge in [0.1, 0.15) is 6.10 Å². The van der Waals surface area contributed by atoms with E-state index < -0.39 is 17.1 Å². The van der Waals surface area contributed by atoms with Gasteiger partial charge < -0.3 is 20.8 Å². The van der Waals surface area contributed by atoms with Crippen LogP contribution in [0.15, 0.2) is 36.9 Å². The highest BCUT2D eigenvalue weighted by atomic mass is 32.1. The molecule has 0 fully saturated rings. The molecular weight excluding hydrogens is 294 g/mol. The molecule has 0 aliphatic rings. The van der Waals surface area contributed by atoms with E-state index in [4.69, 9.17) is 12.2 Å². The van der Waals surface area contributed by atoms with Gasteiger partial charge in [-0.25, -0.2) is 0 Å². The van der Waals surface area contributed by atoms with E-state index in [0.29, 0.717) is 12.1 Å². The number of benzene rings is 1. The maximum absolute atomic E-state index is 10.6. The third-order valence-electron chi connectivity index (χ3n) is 2.75. The van der Waals surface area contributed by atoms with Crippen LogP contribution in [0.4, 0.5) is 5.69 Å². The number of hydrogen-bond donors (Lipinski definition) is 4. The molecule has 1 rings (SSSR count). The smallest absolute Gasteiger partial charge is 0.269 e. The SMILES string of the molecule is C=CCNC(=S)NC(CO)C(O)c1ccc([N+](=O)[O-])cc1. The lowest BCUT2D eigenvalue weighted by Crippen LogP contribution is -2.46. The van der Waals surface area contributed by atoms with Crippen LogP contribution < -0.4 is 10.6 Å². The molecule has 0 saturated carbocycles. The van der Waals surface area contributed by atoms with Crippen LogP contribution in [0.1, 0.15) is 11.7 Å². The quantitative estimate of drug-likeness (QED) is 0.253. The minimum Gasteiger partial charge on any atom is -0.394 e. The van der Waals surface area contributed by atoms with Gasteiger partial charge in [-0.3, -0.25) is 10.1 Å². The number of aliphatic hydroxyl groups is 2. The lowest BCUT2D eigenvalue weighted by atomic mass is 10.0. The number of non-ortho nitro benzene ring substituents is 1. The monoisotopic (exact) mass is 311 g/mol. The fraction of sp³-hybridized carbons (Fsp3) is 0.308. The highest BCUT2D eigenvalue weighted by molar-refractivity contribution is 7.80. The van der Waals surface area contributed by atoms with Crippen LogP contribution >= 0.6 is 12.2 Å². The zero-order valence-corrected chi connectivity index (χ0v) is 12.0. The highest BCUT2D eigenvalue weighted by Crippen LogP contribution is 2.20. The van der Waals surface area contributed by atoms with Crippen molar-refractivity contribution in [2.45, 2.75) is 12.1 Å². The summed E-state index contributed by atoms with van der Waals surface area (Å²) in [5.41, 5.74) is 0.376. The Labute approximate surface area is 127 Å². The number of nitro benzene ring substituents is 1. The summed E-state index contributed by atoms with van der Waals surface area (Å²) in [6, 6.07) is 4.74. The molecule has 8 heteroatoms. The second kappa shape index (κ2) is 8.30. The van der Waals surface area contributed by atoms with Gasteiger partial charge in [-0.1, -0.05) is 6.08 Å². The molecule has 21 heavy (non-hydrogen) atoms. The van der Waals surface area contributed by atoms with Gasteiger partial charge in [0, 0.05) is 18.7 Å². The summed E-state index contributed by atoms with van der Waals surface area (Å²) in [6.07, 6.45) is 0.564. The lowest BCUT2D eigenvalue weighted by Gasteiger charge is -2.24. The van der Waals surface area contributed by atoms with Crippen molar-refractivity contribution in [3.05, 3.63) is 52.6 Å². The molecule has 0 spiro atoms. The number of hydrogen-bond acceptors (Lipinski definition) is 5. The molecule has 114 valence electrons. The zero-order chi connectivity index (χ0) is 15.8. The van der Waals surface area contributed by atoms with Gasteiger partial charge >= 0.3 is 0 Å². The topological polar surface area (TPSA) is 108 Å². The first-order valence-corrected chi connectivity index (χ1v) is 6.59. The van der Waals surface area contributed by atoms with E-state index in [9.17, 15) is 20.3 Å². The largest absolute Gasteiger partial charge is 0.394 e. The number of nitrogens with one attached hydrogen (secondary N) is 2. The molecule has 0 heterocycles. The molecule has 0 amide bonds. The maximum atomic E-state index is 10.6. The fourth-order valence-electron chi connectivity index (χ4n) is 1.63. The van der Waals surface area contributed by atoms with Crippen LogP contribution in [0.2, 0.25) is 0 Å². The summed E-state index contributed by atoms with van der Waals surface area (Å²) in [5, 5.41) is 36.0. The van der Waals surface area contributed by atoms with Crippen LogP contribution in [0.25, 0.3) is 0 Å². The van der Waals surface area contributed by atoms with Gasteiger partial charge in [0.2, 0.25) is 0 Å². The van der Waals surface area contributed by atoms with Gasteiger partial charge in [0.05, 0.1) is 17.6 Å². The molecule has 0 aliphatic carbocycles.